The van der Waals surface area contributed by atoms with Gasteiger partial charge in [0.2, 0.25) is 0 Å². The lowest BCUT2D eigenvalue weighted by Crippen LogP contribution is -2.06. The van der Waals surface area contributed by atoms with E-state index in [1.54, 1.807) is 0 Å². The van der Waals surface area contributed by atoms with Gasteiger partial charge in [-0.1, -0.05) is 25.7 Å². The average Bonchev–Trinajstić information content (AvgIpc) is 2.31. The highest BCUT2D eigenvalue weighted by atomic mass is 16.3. The normalized spacial score (nSPS) is 11.1. The van der Waals surface area contributed by atoms with Gasteiger partial charge in [-0.2, -0.15) is 0 Å². The van der Waals surface area contributed by atoms with Crippen LogP contribution in [0.15, 0.2) is 0 Å². The van der Waals surface area contributed by atoms with Crippen molar-refractivity contribution in [3.8, 4) is 0 Å². The zero-order chi connectivity index (χ0) is 15.2. The minimum Gasteiger partial charge on any atom is -0.396 e. The van der Waals surface area contributed by atoms with Crippen molar-refractivity contribution in [1.82, 2.24) is 6.15 Å². The molecule has 0 aromatic carbocycles. The summed E-state index contributed by atoms with van der Waals surface area (Å²) in [5.74, 6) is 0. The SMILES string of the molecule is C1CCC1.N.NCCCN.NCCCO.OCCCO. The number of aliphatic hydroxyl groups excluding tert-OH is 3. The van der Waals surface area contributed by atoms with Crippen LogP contribution in [0.3, 0.4) is 0 Å². The molecule has 0 unspecified atom stereocenters. The van der Waals surface area contributed by atoms with E-state index >= 15 is 0 Å². The van der Waals surface area contributed by atoms with Crippen LogP contribution >= 0.6 is 0 Å². The first-order valence-electron chi connectivity index (χ1n) is 7.17. The van der Waals surface area contributed by atoms with Crippen molar-refractivity contribution in [3.63, 3.8) is 0 Å². The summed E-state index contributed by atoms with van der Waals surface area (Å²) in [6.45, 7) is 2.44. The molecule has 0 heterocycles. The number of hydrogen-bond donors (Lipinski definition) is 7. The Hall–Kier alpha value is -0.280. The molecule has 12 N–H and O–H groups in total. The summed E-state index contributed by atoms with van der Waals surface area (Å²) in [4.78, 5) is 0. The predicted molar refractivity (Wildman–Crippen MR) is 85.8 cm³/mol. The molecule has 128 valence electrons. The van der Waals surface area contributed by atoms with Crippen LogP contribution in [-0.2, 0) is 0 Å². The molecule has 1 saturated carbocycles. The maximum absolute atomic E-state index is 7.99. The molecule has 0 aromatic rings. The number of aliphatic hydroxyl groups is 3. The van der Waals surface area contributed by atoms with E-state index in [4.69, 9.17) is 32.5 Å². The lowest BCUT2D eigenvalue weighted by molar-refractivity contribution is 0.221. The van der Waals surface area contributed by atoms with Crippen molar-refractivity contribution in [2.45, 2.75) is 44.9 Å². The van der Waals surface area contributed by atoms with Gasteiger partial charge in [0, 0.05) is 19.8 Å². The van der Waals surface area contributed by atoms with Gasteiger partial charge in [0.05, 0.1) is 0 Å². The smallest absolute Gasteiger partial charge is 0.0452 e. The third-order valence-electron chi connectivity index (χ3n) is 2.09. The van der Waals surface area contributed by atoms with Crippen LogP contribution in [0.5, 0.6) is 0 Å². The number of nitrogens with two attached hydrogens (primary N) is 3. The van der Waals surface area contributed by atoms with E-state index in [0.29, 0.717) is 13.0 Å². The Bertz CT molecular complexity index is 93.5. The molecule has 1 rings (SSSR count). The van der Waals surface area contributed by atoms with Crippen molar-refractivity contribution in [3.05, 3.63) is 0 Å². The Kier molecular flexibility index (Phi) is 50.8. The molecule has 0 radical (unpaired) electrons. The van der Waals surface area contributed by atoms with Crippen molar-refractivity contribution in [2.75, 3.05) is 39.5 Å². The second-order valence-corrected chi connectivity index (χ2v) is 4.01. The largest absolute Gasteiger partial charge is 0.396 e. The van der Waals surface area contributed by atoms with E-state index in [-0.39, 0.29) is 26.0 Å². The molecule has 1 aliphatic carbocycles. The van der Waals surface area contributed by atoms with Crippen molar-refractivity contribution >= 4 is 0 Å². The number of rotatable bonds is 6. The third kappa shape index (κ3) is 52.4. The van der Waals surface area contributed by atoms with Crippen LogP contribution in [0.2, 0.25) is 0 Å². The molecule has 0 atom stereocenters. The highest BCUT2D eigenvalue weighted by molar-refractivity contribution is 4.50. The molecule has 0 saturated heterocycles. The minimum absolute atomic E-state index is 0. The Labute approximate surface area is 124 Å². The molecule has 20 heavy (non-hydrogen) atoms. The summed E-state index contributed by atoms with van der Waals surface area (Å²) < 4.78 is 0. The first-order valence-corrected chi connectivity index (χ1v) is 7.17. The van der Waals surface area contributed by atoms with E-state index in [2.05, 4.69) is 0 Å². The molecule has 0 aromatic heterocycles. The topological polar surface area (TPSA) is 174 Å². The first-order chi connectivity index (χ1) is 9.24. The van der Waals surface area contributed by atoms with Crippen LogP contribution in [-0.4, -0.2) is 54.8 Å². The van der Waals surface area contributed by atoms with Gasteiger partial charge in [0.15, 0.2) is 0 Å². The van der Waals surface area contributed by atoms with Gasteiger partial charge in [-0.15, -0.1) is 0 Å². The summed E-state index contributed by atoms with van der Waals surface area (Å²) in [5.41, 5.74) is 15.1. The average molecular weight is 298 g/mol. The zero-order valence-electron chi connectivity index (χ0n) is 13.0. The molecule has 1 fully saturated rings. The van der Waals surface area contributed by atoms with Gasteiger partial charge in [-0.25, -0.2) is 0 Å². The molecular formula is C13H38N4O3. The Morgan fingerprint density at radius 2 is 0.850 bits per heavy atom. The van der Waals surface area contributed by atoms with Crippen molar-refractivity contribution in [1.29, 1.82) is 0 Å². The highest BCUT2D eigenvalue weighted by Crippen LogP contribution is 2.15. The van der Waals surface area contributed by atoms with Gasteiger partial charge < -0.3 is 38.7 Å². The molecule has 7 nitrogen and oxygen atoms in total. The summed E-state index contributed by atoms with van der Waals surface area (Å²) in [6.07, 6.45) is 8.17. The van der Waals surface area contributed by atoms with E-state index in [1.165, 1.54) is 25.7 Å². The highest BCUT2D eigenvalue weighted by Gasteiger charge is 1.95. The van der Waals surface area contributed by atoms with E-state index < -0.39 is 0 Å². The van der Waals surface area contributed by atoms with E-state index in [0.717, 1.165) is 25.9 Å². The van der Waals surface area contributed by atoms with Crippen LogP contribution in [0.25, 0.3) is 0 Å². The van der Waals surface area contributed by atoms with Gasteiger partial charge in [0.25, 0.3) is 0 Å². The lowest BCUT2D eigenvalue weighted by atomic mass is 10.0. The van der Waals surface area contributed by atoms with Crippen LogP contribution in [0.4, 0.5) is 0 Å². The Morgan fingerprint density at radius 3 is 0.850 bits per heavy atom. The maximum Gasteiger partial charge on any atom is 0.0452 e. The molecule has 0 amide bonds. The molecule has 0 aliphatic heterocycles. The summed E-state index contributed by atoms with van der Waals surface area (Å²) >= 11 is 0. The Morgan fingerprint density at radius 1 is 0.550 bits per heavy atom. The second kappa shape index (κ2) is 36.3. The predicted octanol–water partition coefficient (Wildman–Crippen LogP) is -0.295. The molecular weight excluding hydrogens is 260 g/mol. The number of hydrogen-bond acceptors (Lipinski definition) is 7. The van der Waals surface area contributed by atoms with Gasteiger partial charge in [-0.3, -0.25) is 0 Å². The fraction of sp³-hybridized carbons (Fsp3) is 1.00. The second-order valence-electron chi connectivity index (χ2n) is 4.01. The standard InChI is InChI=1S/C4H8.C3H10N2.C3H9NO.C3H8O2.H3N/c1-2-4-3-1;3*4-2-1-3-5;/h1-4H2;1-5H2;5H,1-4H2;4-5H,1-3H2;1H3. The van der Waals surface area contributed by atoms with Crippen LogP contribution < -0.4 is 23.4 Å². The lowest BCUT2D eigenvalue weighted by Gasteiger charge is -2.05. The monoisotopic (exact) mass is 298 g/mol. The summed E-state index contributed by atoms with van der Waals surface area (Å²) in [6, 6.07) is 0. The van der Waals surface area contributed by atoms with Crippen molar-refractivity contribution in [2.24, 2.45) is 17.2 Å². The first kappa shape index (κ1) is 28.0. The minimum atomic E-state index is 0. The summed E-state index contributed by atoms with van der Waals surface area (Å²) in [5, 5.41) is 23.8. The molecule has 7 heteroatoms. The van der Waals surface area contributed by atoms with Gasteiger partial charge in [0.1, 0.15) is 0 Å². The van der Waals surface area contributed by atoms with Crippen LogP contribution in [0.1, 0.15) is 44.9 Å². The molecule has 1 aliphatic rings. The molecule has 0 bridgehead atoms. The van der Waals surface area contributed by atoms with E-state index in [9.17, 15) is 0 Å². The third-order valence-corrected chi connectivity index (χ3v) is 2.09. The van der Waals surface area contributed by atoms with E-state index in [1.807, 2.05) is 0 Å². The quantitative estimate of drug-likeness (QED) is 0.352. The molecule has 0 spiro atoms. The summed E-state index contributed by atoms with van der Waals surface area (Å²) in [7, 11) is 0. The van der Waals surface area contributed by atoms with Gasteiger partial charge >= 0.3 is 0 Å². The van der Waals surface area contributed by atoms with Gasteiger partial charge in [-0.05, 0) is 38.9 Å². The fourth-order valence-electron chi connectivity index (χ4n) is 0.530. The fourth-order valence-corrected chi connectivity index (χ4v) is 0.530. The Balaban J connectivity index is -0.0000000840. The zero-order valence-corrected chi connectivity index (χ0v) is 13.0. The van der Waals surface area contributed by atoms with Crippen molar-refractivity contribution < 1.29 is 15.3 Å². The van der Waals surface area contributed by atoms with Crippen LogP contribution in [0, 0.1) is 0 Å². The maximum atomic E-state index is 7.99.